The molecule has 0 spiro atoms. The van der Waals surface area contributed by atoms with E-state index in [-0.39, 0.29) is 0 Å². The molecule has 0 bridgehead atoms. The molecule has 2 amide bonds. The molecule has 0 radical (unpaired) electrons. The number of imide groups is 1. The normalized spacial score (nSPS) is 12.3. The van der Waals surface area contributed by atoms with Crippen molar-refractivity contribution in [3.8, 4) is 11.8 Å². The molecule has 0 aliphatic carbocycles. The molecule has 1 aromatic rings. The molecule has 0 heterocycles. The van der Waals surface area contributed by atoms with E-state index in [0.29, 0.717) is 11.3 Å². The van der Waals surface area contributed by atoms with Gasteiger partial charge in [-0.1, -0.05) is 0 Å². The van der Waals surface area contributed by atoms with Crippen molar-refractivity contribution in [1.29, 1.82) is 5.26 Å². The highest BCUT2D eigenvalue weighted by Gasteiger charge is 2.24. The number of methoxy groups -OCH3 is 1. The molecule has 0 aromatic heterocycles. The number of ether oxygens (including phenoxy) is 3. The van der Waals surface area contributed by atoms with Crippen LogP contribution in [0.15, 0.2) is 24.3 Å². The maximum absolute atomic E-state index is 11.8. The lowest BCUT2D eigenvalue weighted by molar-refractivity contribution is -0.160. The predicted octanol–water partition coefficient (Wildman–Crippen LogP) is 1.14. The molecule has 8 nitrogen and oxygen atoms in total. The molecule has 0 aliphatic rings. The van der Waals surface area contributed by atoms with Crippen molar-refractivity contribution >= 4 is 18.0 Å². The Balaban J connectivity index is 2.54. The molecule has 1 N–H and O–H groups in total. The summed E-state index contributed by atoms with van der Waals surface area (Å²) in [6.07, 6.45) is -3.11. The highest BCUT2D eigenvalue weighted by molar-refractivity contribution is 5.95. The lowest BCUT2D eigenvalue weighted by Crippen LogP contribution is -2.41. The van der Waals surface area contributed by atoms with Crippen LogP contribution in [-0.4, -0.2) is 37.3 Å². The van der Waals surface area contributed by atoms with Crippen LogP contribution >= 0.6 is 0 Å². The van der Waals surface area contributed by atoms with Gasteiger partial charge in [0.25, 0.3) is 5.91 Å². The number of carbonyl (C=O) groups is 3. The zero-order valence-corrected chi connectivity index (χ0v) is 12.9. The van der Waals surface area contributed by atoms with E-state index in [1.165, 1.54) is 26.0 Å². The third-order valence-electron chi connectivity index (χ3n) is 2.70. The predicted molar refractivity (Wildman–Crippen MR) is 77.3 cm³/mol. The highest BCUT2D eigenvalue weighted by atomic mass is 16.6. The third-order valence-corrected chi connectivity index (χ3v) is 2.70. The molecular formula is C15H16N2O6. The van der Waals surface area contributed by atoms with Gasteiger partial charge in [0.2, 0.25) is 0 Å². The number of carbonyl (C=O) groups excluding carboxylic acids is 3. The van der Waals surface area contributed by atoms with E-state index < -0.39 is 30.2 Å². The minimum absolute atomic E-state index is 0.375. The largest absolute Gasteiger partial charge is 0.479 e. The van der Waals surface area contributed by atoms with Crippen molar-refractivity contribution in [1.82, 2.24) is 5.32 Å². The topological polar surface area (TPSA) is 115 Å². The van der Waals surface area contributed by atoms with Gasteiger partial charge >= 0.3 is 12.1 Å². The summed E-state index contributed by atoms with van der Waals surface area (Å²) < 4.78 is 14.5. The molecule has 1 aromatic carbocycles. The summed E-state index contributed by atoms with van der Waals surface area (Å²) in [5.74, 6) is -1.21. The average Bonchev–Trinajstić information content (AvgIpc) is 2.55. The Labute approximate surface area is 132 Å². The van der Waals surface area contributed by atoms with E-state index in [4.69, 9.17) is 14.7 Å². The summed E-state index contributed by atoms with van der Waals surface area (Å²) >= 11 is 0. The fourth-order valence-electron chi connectivity index (χ4n) is 1.44. The van der Waals surface area contributed by atoms with E-state index in [9.17, 15) is 14.4 Å². The fourth-order valence-corrected chi connectivity index (χ4v) is 1.44. The minimum atomic E-state index is -1.19. The first-order valence-electron chi connectivity index (χ1n) is 6.63. The van der Waals surface area contributed by atoms with Crippen LogP contribution in [0.2, 0.25) is 0 Å². The van der Waals surface area contributed by atoms with Crippen LogP contribution in [0.1, 0.15) is 19.4 Å². The van der Waals surface area contributed by atoms with Crippen molar-refractivity contribution < 1.29 is 28.6 Å². The van der Waals surface area contributed by atoms with E-state index in [2.05, 4.69) is 4.74 Å². The van der Waals surface area contributed by atoms with Crippen LogP contribution in [0.3, 0.4) is 0 Å². The first-order chi connectivity index (χ1) is 10.9. The van der Waals surface area contributed by atoms with Crippen molar-refractivity contribution in [2.45, 2.75) is 26.1 Å². The van der Waals surface area contributed by atoms with Crippen LogP contribution in [0.5, 0.6) is 5.75 Å². The Kier molecular flexibility index (Phi) is 6.55. The Morgan fingerprint density at radius 3 is 2.26 bits per heavy atom. The van der Waals surface area contributed by atoms with Crippen LogP contribution in [0, 0.1) is 11.3 Å². The maximum Gasteiger partial charge on any atom is 0.413 e. The quantitative estimate of drug-likeness (QED) is 0.809. The number of esters is 1. The average molecular weight is 320 g/mol. The zero-order chi connectivity index (χ0) is 17.4. The Morgan fingerprint density at radius 1 is 1.13 bits per heavy atom. The lowest BCUT2D eigenvalue weighted by Gasteiger charge is -2.17. The molecule has 2 atom stereocenters. The number of benzene rings is 1. The maximum atomic E-state index is 11.8. The highest BCUT2D eigenvalue weighted by Crippen LogP contribution is 2.14. The van der Waals surface area contributed by atoms with Crippen molar-refractivity contribution in [2.24, 2.45) is 0 Å². The SMILES string of the molecule is COC(=O)NC(=O)[C@H](C)OC(=O)[C@@H](C)Oc1ccc(C#N)cc1. The van der Waals surface area contributed by atoms with Gasteiger partial charge in [-0.15, -0.1) is 0 Å². The van der Waals surface area contributed by atoms with Gasteiger partial charge in [0.15, 0.2) is 12.2 Å². The number of nitrogens with zero attached hydrogens (tertiary/aromatic N) is 1. The Bertz CT molecular complexity index is 620. The van der Waals surface area contributed by atoms with Gasteiger partial charge in [0.05, 0.1) is 18.7 Å². The first kappa shape index (κ1) is 18.0. The molecule has 8 heteroatoms. The molecule has 23 heavy (non-hydrogen) atoms. The van der Waals surface area contributed by atoms with Gasteiger partial charge in [0, 0.05) is 0 Å². The number of nitriles is 1. The van der Waals surface area contributed by atoms with Gasteiger partial charge in [0.1, 0.15) is 5.75 Å². The van der Waals surface area contributed by atoms with Crippen LogP contribution in [0.4, 0.5) is 4.79 Å². The van der Waals surface area contributed by atoms with Crippen molar-refractivity contribution in [2.75, 3.05) is 7.11 Å². The van der Waals surface area contributed by atoms with E-state index >= 15 is 0 Å². The van der Waals surface area contributed by atoms with Gasteiger partial charge < -0.3 is 14.2 Å². The number of rotatable bonds is 5. The second-order valence-corrected chi connectivity index (χ2v) is 4.46. The molecule has 0 saturated carbocycles. The smallest absolute Gasteiger partial charge is 0.413 e. The molecular weight excluding hydrogens is 304 g/mol. The fraction of sp³-hybridized carbons (Fsp3) is 0.333. The number of amides is 2. The Hall–Kier alpha value is -3.08. The van der Waals surface area contributed by atoms with Crippen molar-refractivity contribution in [3.05, 3.63) is 29.8 Å². The number of hydrogen-bond acceptors (Lipinski definition) is 7. The number of hydrogen-bond donors (Lipinski definition) is 1. The summed E-state index contributed by atoms with van der Waals surface area (Å²) in [5.41, 5.74) is 0.459. The second-order valence-electron chi connectivity index (χ2n) is 4.46. The molecule has 0 unspecified atom stereocenters. The molecule has 0 saturated heterocycles. The van der Waals surface area contributed by atoms with Crippen molar-refractivity contribution in [3.63, 3.8) is 0 Å². The molecule has 0 fully saturated rings. The summed E-state index contributed by atoms with van der Waals surface area (Å²) in [5, 5.41) is 10.6. The summed E-state index contributed by atoms with van der Waals surface area (Å²) in [6, 6.07) is 8.12. The van der Waals surface area contributed by atoms with Gasteiger partial charge in [-0.05, 0) is 38.1 Å². The first-order valence-corrected chi connectivity index (χ1v) is 6.63. The summed E-state index contributed by atoms with van der Waals surface area (Å²) in [4.78, 5) is 34.3. The minimum Gasteiger partial charge on any atom is -0.479 e. The van der Waals surface area contributed by atoms with Gasteiger partial charge in [-0.25, -0.2) is 9.59 Å². The summed E-state index contributed by atoms with van der Waals surface area (Å²) in [7, 11) is 1.10. The molecule has 122 valence electrons. The molecule has 0 aliphatic heterocycles. The standard InChI is InChI=1S/C15H16N2O6/c1-9(13(18)17-15(20)21-3)23-14(19)10(2)22-12-6-4-11(8-16)5-7-12/h4-7,9-10H,1-3H3,(H,17,18,20)/t9-,10+/m0/s1. The van der Waals surface area contributed by atoms with Gasteiger partial charge in [-0.3, -0.25) is 10.1 Å². The summed E-state index contributed by atoms with van der Waals surface area (Å²) in [6.45, 7) is 2.76. The monoisotopic (exact) mass is 320 g/mol. The molecule has 1 rings (SSSR count). The van der Waals surface area contributed by atoms with E-state index in [1.807, 2.05) is 11.4 Å². The lowest BCUT2D eigenvalue weighted by atomic mass is 10.2. The third kappa shape index (κ3) is 5.67. The Morgan fingerprint density at radius 2 is 1.74 bits per heavy atom. The number of nitrogens with one attached hydrogen (secondary N) is 1. The van der Waals surface area contributed by atoms with Crippen LogP contribution in [0.25, 0.3) is 0 Å². The van der Waals surface area contributed by atoms with Crippen LogP contribution < -0.4 is 10.1 Å². The van der Waals surface area contributed by atoms with Crippen LogP contribution in [-0.2, 0) is 19.1 Å². The van der Waals surface area contributed by atoms with Gasteiger partial charge in [-0.2, -0.15) is 5.26 Å². The number of alkyl carbamates (subject to hydrolysis) is 1. The van der Waals surface area contributed by atoms with E-state index in [0.717, 1.165) is 7.11 Å². The second kappa shape index (κ2) is 8.38. The van der Waals surface area contributed by atoms with E-state index in [1.54, 1.807) is 12.1 Å². The zero-order valence-electron chi connectivity index (χ0n) is 12.9.